The SMILES string of the molecule is N#Cc1ccc(N2CCC3(CC2)O[C@@H]2CC[C@@H](c4cc(F)cc(F)c4)N2C3=O)cc1N(N)/C=C\N. The number of carbonyl (C=O) groups is 1. The minimum absolute atomic E-state index is 0.115. The van der Waals surface area contributed by atoms with Crippen molar-refractivity contribution in [2.75, 3.05) is 23.0 Å². The first kappa shape index (κ1) is 23.1. The Balaban J connectivity index is 1.33. The van der Waals surface area contributed by atoms with Crippen LogP contribution in [0.3, 0.4) is 0 Å². The largest absolute Gasteiger partial charge is 0.403 e. The Bertz CT molecular complexity index is 1200. The summed E-state index contributed by atoms with van der Waals surface area (Å²) in [5.74, 6) is 4.58. The van der Waals surface area contributed by atoms with Gasteiger partial charge in [0.05, 0.1) is 17.3 Å². The maximum Gasteiger partial charge on any atom is 0.257 e. The summed E-state index contributed by atoms with van der Waals surface area (Å²) in [5.41, 5.74) is 6.76. The molecule has 3 aliphatic heterocycles. The molecule has 0 aliphatic carbocycles. The lowest BCUT2D eigenvalue weighted by atomic mass is 9.89. The molecule has 1 amide bonds. The molecule has 2 atom stereocenters. The molecular weight excluding hydrogens is 454 g/mol. The Kier molecular flexibility index (Phi) is 5.83. The van der Waals surface area contributed by atoms with Crippen molar-refractivity contribution in [3.05, 3.63) is 71.6 Å². The van der Waals surface area contributed by atoms with Gasteiger partial charge in [-0.3, -0.25) is 9.80 Å². The number of carbonyl (C=O) groups excluding carboxylic acids is 1. The van der Waals surface area contributed by atoms with Gasteiger partial charge in [-0.2, -0.15) is 5.26 Å². The van der Waals surface area contributed by atoms with E-state index < -0.39 is 23.3 Å². The molecule has 2 aromatic carbocycles. The van der Waals surface area contributed by atoms with Crippen LogP contribution in [0.2, 0.25) is 0 Å². The molecule has 3 aliphatic rings. The Morgan fingerprint density at radius 1 is 1.14 bits per heavy atom. The van der Waals surface area contributed by atoms with Crippen molar-refractivity contribution in [2.45, 2.75) is 43.6 Å². The normalized spacial score (nSPS) is 23.2. The predicted octanol–water partition coefficient (Wildman–Crippen LogP) is 3.01. The Morgan fingerprint density at radius 2 is 1.86 bits per heavy atom. The molecule has 0 saturated carbocycles. The van der Waals surface area contributed by atoms with Gasteiger partial charge in [0.15, 0.2) is 5.60 Å². The average molecular weight is 481 g/mol. The number of ether oxygens (including phenoxy) is 1. The second-order valence-electron chi connectivity index (χ2n) is 9.12. The molecule has 4 N–H and O–H groups in total. The molecular formula is C25H26F2N6O2. The Morgan fingerprint density at radius 3 is 2.51 bits per heavy atom. The quantitative estimate of drug-likeness (QED) is 0.511. The maximum absolute atomic E-state index is 13.8. The van der Waals surface area contributed by atoms with E-state index in [4.69, 9.17) is 16.3 Å². The zero-order valence-electron chi connectivity index (χ0n) is 19.0. The third-order valence-corrected chi connectivity index (χ3v) is 7.15. The molecule has 182 valence electrons. The van der Waals surface area contributed by atoms with Gasteiger partial charge in [-0.05, 0) is 48.7 Å². The van der Waals surface area contributed by atoms with Gasteiger partial charge in [0.25, 0.3) is 5.91 Å². The van der Waals surface area contributed by atoms with Gasteiger partial charge in [0.1, 0.15) is 23.9 Å². The highest BCUT2D eigenvalue weighted by molar-refractivity contribution is 5.88. The van der Waals surface area contributed by atoms with Gasteiger partial charge in [0, 0.05) is 50.1 Å². The fourth-order valence-corrected chi connectivity index (χ4v) is 5.46. The summed E-state index contributed by atoms with van der Waals surface area (Å²) in [5, 5.41) is 10.7. The first-order valence-corrected chi connectivity index (χ1v) is 11.5. The third kappa shape index (κ3) is 3.96. The highest BCUT2D eigenvalue weighted by Crippen LogP contribution is 2.48. The molecule has 1 spiro atoms. The smallest absolute Gasteiger partial charge is 0.257 e. The molecule has 3 saturated heterocycles. The minimum atomic E-state index is -0.941. The van der Waals surface area contributed by atoms with Crippen LogP contribution in [0.5, 0.6) is 0 Å². The number of hydrogen-bond donors (Lipinski definition) is 2. The molecule has 2 aromatic rings. The number of hydrogen-bond acceptors (Lipinski definition) is 7. The number of halogens is 2. The van der Waals surface area contributed by atoms with Gasteiger partial charge in [-0.15, -0.1) is 0 Å². The van der Waals surface area contributed by atoms with Crippen molar-refractivity contribution in [3.8, 4) is 6.07 Å². The summed E-state index contributed by atoms with van der Waals surface area (Å²) >= 11 is 0. The van der Waals surface area contributed by atoms with Gasteiger partial charge in [-0.1, -0.05) is 0 Å². The van der Waals surface area contributed by atoms with Gasteiger partial charge in [-0.25, -0.2) is 14.6 Å². The minimum Gasteiger partial charge on any atom is -0.403 e. The van der Waals surface area contributed by atoms with Crippen molar-refractivity contribution in [2.24, 2.45) is 11.6 Å². The summed E-state index contributed by atoms with van der Waals surface area (Å²) in [6.45, 7) is 1.13. The fraction of sp³-hybridized carbons (Fsp3) is 0.360. The van der Waals surface area contributed by atoms with Gasteiger partial charge >= 0.3 is 0 Å². The first-order valence-electron chi connectivity index (χ1n) is 11.5. The average Bonchev–Trinajstić information content (AvgIpc) is 3.36. The monoisotopic (exact) mass is 480 g/mol. The van der Waals surface area contributed by atoms with E-state index in [1.165, 1.54) is 29.5 Å². The summed E-state index contributed by atoms with van der Waals surface area (Å²) in [4.78, 5) is 17.4. The van der Waals surface area contributed by atoms with E-state index in [1.54, 1.807) is 11.0 Å². The van der Waals surface area contributed by atoms with Crippen LogP contribution in [0.4, 0.5) is 20.2 Å². The van der Waals surface area contributed by atoms with E-state index in [2.05, 4.69) is 11.0 Å². The zero-order valence-corrected chi connectivity index (χ0v) is 19.0. The topological polar surface area (TPSA) is 112 Å². The molecule has 3 fully saturated rings. The van der Waals surface area contributed by atoms with Crippen LogP contribution in [0.1, 0.15) is 42.9 Å². The van der Waals surface area contributed by atoms with Crippen LogP contribution >= 0.6 is 0 Å². The van der Waals surface area contributed by atoms with Crippen molar-refractivity contribution < 1.29 is 18.3 Å². The molecule has 8 nitrogen and oxygen atoms in total. The number of rotatable bonds is 4. The van der Waals surface area contributed by atoms with E-state index >= 15 is 0 Å². The number of fused-ring (bicyclic) bond motifs is 1. The molecule has 0 bridgehead atoms. The van der Waals surface area contributed by atoms with E-state index in [1.807, 2.05) is 12.1 Å². The Labute approximate surface area is 201 Å². The number of anilines is 2. The number of nitrogens with two attached hydrogens (primary N) is 2. The fourth-order valence-electron chi connectivity index (χ4n) is 5.46. The van der Waals surface area contributed by atoms with Crippen molar-refractivity contribution in [3.63, 3.8) is 0 Å². The zero-order chi connectivity index (χ0) is 24.7. The number of nitrogens with zero attached hydrogens (tertiary/aromatic N) is 4. The molecule has 0 aromatic heterocycles. The molecule has 0 radical (unpaired) electrons. The van der Waals surface area contributed by atoms with E-state index in [-0.39, 0.29) is 12.1 Å². The number of nitriles is 1. The lowest BCUT2D eigenvalue weighted by molar-refractivity contribution is -0.140. The number of amides is 1. The first-order chi connectivity index (χ1) is 16.8. The summed E-state index contributed by atoms with van der Waals surface area (Å²) in [6.07, 6.45) is 4.55. The summed E-state index contributed by atoms with van der Waals surface area (Å²) < 4.78 is 34.0. The second-order valence-corrected chi connectivity index (χ2v) is 9.12. The Hall–Kier alpha value is -3.68. The second kappa shape index (κ2) is 8.83. The molecule has 35 heavy (non-hydrogen) atoms. The van der Waals surface area contributed by atoms with Gasteiger partial charge < -0.3 is 20.3 Å². The van der Waals surface area contributed by atoms with Crippen molar-refractivity contribution >= 4 is 17.3 Å². The standard InChI is InChI=1S/C25H26F2N6O2/c26-18-11-17(12-19(27)13-18)21-3-4-23-33(21)24(34)25(35-23)5-8-31(9-6-25)20-2-1-16(15-29)22(14-20)32(30)10-7-28/h1-2,7,10-14,21,23H,3-6,8-9,28,30H2/b10-7-/t21-,23+/m0/s1. The number of hydrazine groups is 1. The maximum atomic E-state index is 13.8. The van der Waals surface area contributed by atoms with Crippen LogP contribution in [0, 0.1) is 23.0 Å². The highest BCUT2D eigenvalue weighted by Gasteiger charge is 2.58. The van der Waals surface area contributed by atoms with Crippen LogP contribution in [0.25, 0.3) is 0 Å². The molecule has 10 heteroatoms. The van der Waals surface area contributed by atoms with Crippen molar-refractivity contribution in [1.29, 1.82) is 5.26 Å². The van der Waals surface area contributed by atoms with E-state index in [0.29, 0.717) is 55.6 Å². The van der Waals surface area contributed by atoms with E-state index in [9.17, 15) is 18.8 Å². The summed E-state index contributed by atoms with van der Waals surface area (Å²) in [6, 6.07) is 10.5. The lowest BCUT2D eigenvalue weighted by Crippen LogP contribution is -2.50. The summed E-state index contributed by atoms with van der Waals surface area (Å²) in [7, 11) is 0. The highest BCUT2D eigenvalue weighted by atomic mass is 19.1. The number of benzene rings is 2. The van der Waals surface area contributed by atoms with Crippen LogP contribution in [-0.2, 0) is 9.53 Å². The lowest BCUT2D eigenvalue weighted by Gasteiger charge is -2.39. The molecule has 3 heterocycles. The third-order valence-electron chi connectivity index (χ3n) is 7.15. The van der Waals surface area contributed by atoms with Crippen LogP contribution in [-0.4, -0.2) is 35.7 Å². The van der Waals surface area contributed by atoms with Gasteiger partial charge in [0.2, 0.25) is 0 Å². The van der Waals surface area contributed by atoms with Crippen LogP contribution < -0.4 is 21.5 Å². The molecule has 5 rings (SSSR count). The number of piperidine rings is 1. The van der Waals surface area contributed by atoms with E-state index in [0.717, 1.165) is 11.8 Å². The van der Waals surface area contributed by atoms with Crippen molar-refractivity contribution in [1.82, 2.24) is 4.90 Å². The predicted molar refractivity (Wildman–Crippen MR) is 125 cm³/mol. The van der Waals surface area contributed by atoms with Crippen LogP contribution in [0.15, 0.2) is 48.8 Å². The molecule has 0 unspecified atom stereocenters.